The van der Waals surface area contributed by atoms with E-state index in [1.807, 2.05) is 12.1 Å². The molecule has 2 N–H and O–H groups in total. The fourth-order valence-corrected chi connectivity index (χ4v) is 3.09. The Bertz CT molecular complexity index is 633. The van der Waals surface area contributed by atoms with Crippen molar-refractivity contribution in [3.63, 3.8) is 0 Å². The number of halogens is 1. The number of benzene rings is 1. The van der Waals surface area contributed by atoms with Gasteiger partial charge in [-0.1, -0.05) is 6.07 Å². The maximum atomic E-state index is 13.6. The lowest BCUT2D eigenvalue weighted by molar-refractivity contribution is 0.510. The number of nitrogens with one attached hydrogen (secondary N) is 2. The highest BCUT2D eigenvalue weighted by Crippen LogP contribution is 2.46. The van der Waals surface area contributed by atoms with Gasteiger partial charge in [0.15, 0.2) is 0 Å². The lowest BCUT2D eigenvalue weighted by Crippen LogP contribution is -2.38. The van der Waals surface area contributed by atoms with Gasteiger partial charge >= 0.3 is 0 Å². The fraction of sp³-hybridized carbons (Fsp3) is 0.214. The summed E-state index contributed by atoms with van der Waals surface area (Å²) in [5, 5.41) is 6.75. The minimum absolute atomic E-state index is 0.199. The topological polar surface area (TPSA) is 37.0 Å². The van der Waals surface area contributed by atoms with Crippen LogP contribution in [0.3, 0.4) is 0 Å². The van der Waals surface area contributed by atoms with Crippen LogP contribution in [0.4, 0.5) is 4.39 Å². The number of rotatable bonds is 0. The second-order valence-corrected chi connectivity index (χ2v) is 4.78. The lowest BCUT2D eigenvalue weighted by Gasteiger charge is -2.25. The van der Waals surface area contributed by atoms with Crippen molar-refractivity contribution in [1.29, 1.82) is 0 Å². The monoisotopic (exact) mass is 241 g/mol. The van der Waals surface area contributed by atoms with Crippen molar-refractivity contribution >= 4 is 0 Å². The predicted molar refractivity (Wildman–Crippen MR) is 66.4 cm³/mol. The molecule has 0 bridgehead atoms. The molecule has 3 nitrogen and oxygen atoms in total. The van der Waals surface area contributed by atoms with Gasteiger partial charge in [-0.25, -0.2) is 4.39 Å². The van der Waals surface area contributed by atoms with Crippen molar-refractivity contribution in [2.45, 2.75) is 5.54 Å². The molecule has 4 rings (SSSR count). The standard InChI is InChI=1S/C14H12FN3/c15-9-3-4-10-12(6-9)14(7-16-8-18-14)11-2-1-5-17-13(10)11/h1-6,16,18H,7-8H2. The van der Waals surface area contributed by atoms with Gasteiger partial charge in [-0.2, -0.15) is 0 Å². The molecule has 1 unspecified atom stereocenters. The highest BCUT2D eigenvalue weighted by molar-refractivity contribution is 5.78. The predicted octanol–water partition coefficient (Wildman–Crippen LogP) is 1.59. The molecule has 18 heavy (non-hydrogen) atoms. The molecule has 1 spiro atoms. The minimum Gasteiger partial charge on any atom is -0.302 e. The zero-order chi connectivity index (χ0) is 12.2. The molecule has 1 aromatic carbocycles. The van der Waals surface area contributed by atoms with E-state index in [-0.39, 0.29) is 11.4 Å². The van der Waals surface area contributed by atoms with Crippen LogP contribution in [0.25, 0.3) is 11.3 Å². The maximum absolute atomic E-state index is 13.6. The van der Waals surface area contributed by atoms with Crippen LogP contribution in [0, 0.1) is 5.82 Å². The quantitative estimate of drug-likeness (QED) is 0.735. The number of fused-ring (bicyclic) bond motifs is 5. The van der Waals surface area contributed by atoms with Crippen LogP contribution in [0.1, 0.15) is 11.1 Å². The molecular formula is C14H12FN3. The summed E-state index contributed by atoms with van der Waals surface area (Å²) in [7, 11) is 0. The van der Waals surface area contributed by atoms with E-state index in [0.717, 1.165) is 35.6 Å². The van der Waals surface area contributed by atoms with Crippen LogP contribution in [-0.2, 0) is 5.54 Å². The van der Waals surface area contributed by atoms with Crippen LogP contribution >= 0.6 is 0 Å². The molecule has 1 saturated heterocycles. The molecule has 1 atom stereocenters. The van der Waals surface area contributed by atoms with Crippen LogP contribution < -0.4 is 10.6 Å². The Morgan fingerprint density at radius 1 is 1.22 bits per heavy atom. The van der Waals surface area contributed by atoms with E-state index >= 15 is 0 Å². The molecule has 2 aromatic rings. The average Bonchev–Trinajstić information content (AvgIpc) is 2.98. The van der Waals surface area contributed by atoms with Gasteiger partial charge < -0.3 is 5.32 Å². The largest absolute Gasteiger partial charge is 0.302 e. The second kappa shape index (κ2) is 3.37. The molecule has 0 saturated carbocycles. The molecule has 1 fully saturated rings. The highest BCUT2D eigenvalue weighted by atomic mass is 19.1. The third-order valence-corrected chi connectivity index (χ3v) is 3.87. The first-order chi connectivity index (χ1) is 8.81. The number of pyridine rings is 1. The Balaban J connectivity index is 2.08. The zero-order valence-corrected chi connectivity index (χ0v) is 9.70. The van der Waals surface area contributed by atoms with Crippen molar-refractivity contribution < 1.29 is 4.39 Å². The number of aromatic nitrogens is 1. The van der Waals surface area contributed by atoms with Crippen LogP contribution in [0.15, 0.2) is 36.5 Å². The third kappa shape index (κ3) is 1.11. The first kappa shape index (κ1) is 10.2. The van der Waals surface area contributed by atoms with E-state index in [4.69, 9.17) is 0 Å². The average molecular weight is 241 g/mol. The normalized spacial score (nSPS) is 24.3. The molecule has 2 aliphatic rings. The van der Waals surface area contributed by atoms with Crippen molar-refractivity contribution in [2.24, 2.45) is 0 Å². The molecule has 0 radical (unpaired) electrons. The van der Waals surface area contributed by atoms with Gasteiger partial charge in [0.2, 0.25) is 0 Å². The molecule has 2 heterocycles. The number of hydrogen-bond acceptors (Lipinski definition) is 3. The Labute approximate surface area is 104 Å². The maximum Gasteiger partial charge on any atom is 0.123 e. The Morgan fingerprint density at radius 2 is 2.17 bits per heavy atom. The summed E-state index contributed by atoms with van der Waals surface area (Å²) in [5.41, 5.74) is 3.80. The SMILES string of the molecule is Fc1ccc2c(c1)C1(CNCN1)c1cccnc1-2. The molecule has 1 aliphatic carbocycles. The lowest BCUT2D eigenvalue weighted by atomic mass is 9.89. The number of hydrogen-bond donors (Lipinski definition) is 2. The Morgan fingerprint density at radius 3 is 3.00 bits per heavy atom. The molecule has 1 aliphatic heterocycles. The summed E-state index contributed by atoms with van der Waals surface area (Å²) in [4.78, 5) is 4.46. The van der Waals surface area contributed by atoms with Gasteiger partial charge in [0.25, 0.3) is 0 Å². The highest BCUT2D eigenvalue weighted by Gasteiger charge is 2.45. The second-order valence-electron chi connectivity index (χ2n) is 4.78. The third-order valence-electron chi connectivity index (χ3n) is 3.87. The van der Waals surface area contributed by atoms with E-state index in [2.05, 4.69) is 21.7 Å². The van der Waals surface area contributed by atoms with Gasteiger partial charge in [0.05, 0.1) is 11.2 Å². The van der Waals surface area contributed by atoms with E-state index in [1.165, 1.54) is 6.07 Å². The summed E-state index contributed by atoms with van der Waals surface area (Å²) < 4.78 is 13.6. The van der Waals surface area contributed by atoms with E-state index in [1.54, 1.807) is 12.3 Å². The van der Waals surface area contributed by atoms with Crippen LogP contribution in [0.2, 0.25) is 0 Å². The van der Waals surface area contributed by atoms with E-state index in [9.17, 15) is 4.39 Å². The van der Waals surface area contributed by atoms with Gasteiger partial charge in [-0.15, -0.1) is 0 Å². The van der Waals surface area contributed by atoms with E-state index in [0.29, 0.717) is 0 Å². The summed E-state index contributed by atoms with van der Waals surface area (Å²) in [6.45, 7) is 1.49. The molecule has 4 heteroatoms. The van der Waals surface area contributed by atoms with Crippen LogP contribution in [0.5, 0.6) is 0 Å². The summed E-state index contributed by atoms with van der Waals surface area (Å²) in [5.74, 6) is -0.199. The fourth-order valence-electron chi connectivity index (χ4n) is 3.09. The summed E-state index contributed by atoms with van der Waals surface area (Å²) in [6, 6.07) is 8.95. The van der Waals surface area contributed by atoms with E-state index < -0.39 is 0 Å². The van der Waals surface area contributed by atoms with Crippen LogP contribution in [-0.4, -0.2) is 18.2 Å². The van der Waals surface area contributed by atoms with Crippen molar-refractivity contribution in [3.05, 3.63) is 53.5 Å². The summed E-state index contributed by atoms with van der Waals surface area (Å²) >= 11 is 0. The van der Waals surface area contributed by atoms with Crippen molar-refractivity contribution in [2.75, 3.05) is 13.2 Å². The van der Waals surface area contributed by atoms with Gasteiger partial charge in [-0.3, -0.25) is 10.3 Å². The van der Waals surface area contributed by atoms with Crippen molar-refractivity contribution in [3.8, 4) is 11.3 Å². The first-order valence-electron chi connectivity index (χ1n) is 6.03. The van der Waals surface area contributed by atoms with Gasteiger partial charge in [0.1, 0.15) is 5.82 Å². The summed E-state index contributed by atoms with van der Waals surface area (Å²) in [6.07, 6.45) is 1.79. The Kier molecular flexibility index (Phi) is 1.90. The van der Waals surface area contributed by atoms with Gasteiger partial charge in [0, 0.05) is 30.5 Å². The first-order valence-corrected chi connectivity index (χ1v) is 6.03. The molecular weight excluding hydrogens is 229 g/mol. The molecule has 1 aromatic heterocycles. The molecule has 0 amide bonds. The Hall–Kier alpha value is -1.78. The zero-order valence-electron chi connectivity index (χ0n) is 9.70. The number of nitrogens with zero attached hydrogens (tertiary/aromatic N) is 1. The minimum atomic E-state index is -0.318. The smallest absolute Gasteiger partial charge is 0.123 e. The van der Waals surface area contributed by atoms with Crippen molar-refractivity contribution in [1.82, 2.24) is 15.6 Å². The molecule has 90 valence electrons. The van der Waals surface area contributed by atoms with Gasteiger partial charge in [-0.05, 0) is 29.8 Å².